The average molecular weight is 472 g/mol. The lowest BCUT2D eigenvalue weighted by molar-refractivity contribution is 1.20. The third kappa shape index (κ3) is 3.68. The van der Waals surface area contributed by atoms with Crippen molar-refractivity contribution in [3.63, 3.8) is 0 Å². The monoisotopic (exact) mass is 471 g/mol. The topological polar surface area (TPSA) is 12.9 Å². The van der Waals surface area contributed by atoms with Crippen LogP contribution in [-0.4, -0.2) is 4.98 Å². The molecule has 1 heterocycles. The number of aryl methyl sites for hydroxylation is 1. The van der Waals surface area contributed by atoms with Crippen molar-refractivity contribution < 1.29 is 0 Å². The Kier molecular flexibility index (Phi) is 5.08. The summed E-state index contributed by atoms with van der Waals surface area (Å²) in [6.07, 6.45) is 2.00. The van der Waals surface area contributed by atoms with Crippen molar-refractivity contribution in [3.05, 3.63) is 139 Å². The van der Waals surface area contributed by atoms with Gasteiger partial charge in [-0.2, -0.15) is 0 Å². The first-order valence-electron chi connectivity index (χ1n) is 12.7. The van der Waals surface area contributed by atoms with Crippen LogP contribution in [0.3, 0.4) is 0 Å². The van der Waals surface area contributed by atoms with E-state index in [9.17, 15) is 0 Å². The maximum absolute atomic E-state index is 4.61. The highest BCUT2D eigenvalue weighted by molar-refractivity contribution is 6.21. The van der Waals surface area contributed by atoms with Crippen molar-refractivity contribution in [1.82, 2.24) is 4.98 Å². The van der Waals surface area contributed by atoms with Crippen LogP contribution in [0.5, 0.6) is 0 Å². The summed E-state index contributed by atoms with van der Waals surface area (Å²) in [7, 11) is 0. The van der Waals surface area contributed by atoms with E-state index in [0.29, 0.717) is 0 Å². The van der Waals surface area contributed by atoms with Crippen LogP contribution in [0.2, 0.25) is 0 Å². The van der Waals surface area contributed by atoms with Crippen LogP contribution in [0.15, 0.2) is 134 Å². The van der Waals surface area contributed by atoms with Crippen LogP contribution in [0.1, 0.15) is 5.69 Å². The Morgan fingerprint density at radius 1 is 0.405 bits per heavy atom. The fourth-order valence-corrected chi connectivity index (χ4v) is 5.56. The molecule has 0 unspecified atom stereocenters. The summed E-state index contributed by atoms with van der Waals surface area (Å²) in [6, 6.07) is 46.1. The van der Waals surface area contributed by atoms with Crippen molar-refractivity contribution in [2.75, 3.05) is 0 Å². The Morgan fingerprint density at radius 3 is 1.49 bits per heavy atom. The van der Waals surface area contributed by atoms with Gasteiger partial charge in [-0.05, 0) is 79.2 Å². The molecule has 0 bridgehead atoms. The Hall–Kier alpha value is -4.75. The molecule has 37 heavy (non-hydrogen) atoms. The van der Waals surface area contributed by atoms with Gasteiger partial charge in [-0.1, -0.05) is 115 Å². The average Bonchev–Trinajstić information content (AvgIpc) is 2.96. The van der Waals surface area contributed by atoms with E-state index < -0.39 is 0 Å². The van der Waals surface area contributed by atoms with Gasteiger partial charge in [0.1, 0.15) is 0 Å². The van der Waals surface area contributed by atoms with Crippen molar-refractivity contribution in [2.45, 2.75) is 6.92 Å². The second-order valence-corrected chi connectivity index (χ2v) is 9.67. The molecule has 1 aromatic heterocycles. The molecule has 6 aromatic carbocycles. The summed E-state index contributed by atoms with van der Waals surface area (Å²) in [5.74, 6) is 0. The fraction of sp³-hybridized carbons (Fsp3) is 0.0278. The number of benzene rings is 6. The molecule has 0 aliphatic heterocycles. The number of rotatable bonds is 3. The lowest BCUT2D eigenvalue weighted by atomic mass is 9.86. The highest BCUT2D eigenvalue weighted by atomic mass is 14.7. The second-order valence-electron chi connectivity index (χ2n) is 9.67. The van der Waals surface area contributed by atoms with E-state index in [1.807, 2.05) is 13.1 Å². The van der Waals surface area contributed by atoms with E-state index in [1.165, 1.54) is 60.1 Å². The van der Waals surface area contributed by atoms with Crippen LogP contribution >= 0.6 is 0 Å². The quantitative estimate of drug-likeness (QED) is 0.234. The molecule has 0 fully saturated rings. The van der Waals surface area contributed by atoms with Crippen LogP contribution < -0.4 is 0 Å². The standard InChI is InChI=1S/C36H25N/c1-24-14-15-30(23-37-24)36-33-12-6-4-10-31(33)35(32-11-5-7-13-34(32)36)27-19-16-26(17-20-27)29-21-18-25-8-2-3-9-28(25)22-29/h2-23H,1H3. The van der Waals surface area contributed by atoms with Gasteiger partial charge in [-0.3, -0.25) is 4.98 Å². The van der Waals surface area contributed by atoms with Crippen LogP contribution in [0.25, 0.3) is 65.7 Å². The molecule has 0 radical (unpaired) electrons. The number of pyridine rings is 1. The Labute approximate surface area is 216 Å². The molecule has 1 heteroatoms. The van der Waals surface area contributed by atoms with Gasteiger partial charge < -0.3 is 0 Å². The zero-order valence-corrected chi connectivity index (χ0v) is 20.6. The zero-order valence-electron chi connectivity index (χ0n) is 20.6. The summed E-state index contributed by atoms with van der Waals surface area (Å²) in [6.45, 7) is 2.03. The van der Waals surface area contributed by atoms with E-state index in [1.54, 1.807) is 0 Å². The van der Waals surface area contributed by atoms with E-state index >= 15 is 0 Å². The highest BCUT2D eigenvalue weighted by Crippen LogP contribution is 2.43. The molecule has 0 spiro atoms. The summed E-state index contributed by atoms with van der Waals surface area (Å²) >= 11 is 0. The Morgan fingerprint density at radius 2 is 0.892 bits per heavy atom. The van der Waals surface area contributed by atoms with Crippen molar-refractivity contribution in [1.29, 1.82) is 0 Å². The van der Waals surface area contributed by atoms with Crippen molar-refractivity contribution in [2.24, 2.45) is 0 Å². The minimum absolute atomic E-state index is 1.03. The number of aromatic nitrogens is 1. The Bertz CT molecular complexity index is 1860. The molecule has 0 saturated heterocycles. The van der Waals surface area contributed by atoms with E-state index in [-0.39, 0.29) is 0 Å². The van der Waals surface area contributed by atoms with Crippen LogP contribution in [0.4, 0.5) is 0 Å². The molecule has 0 N–H and O–H groups in total. The SMILES string of the molecule is Cc1ccc(-c2c3ccccc3c(-c3ccc(-c4ccc5ccccc5c4)cc3)c3ccccc23)cn1. The van der Waals surface area contributed by atoms with Gasteiger partial charge in [0.25, 0.3) is 0 Å². The molecular weight excluding hydrogens is 446 g/mol. The smallest absolute Gasteiger partial charge is 0.0373 e. The number of hydrogen-bond acceptors (Lipinski definition) is 1. The summed E-state index contributed by atoms with van der Waals surface area (Å²) in [5, 5.41) is 7.55. The number of fused-ring (bicyclic) bond motifs is 3. The lowest BCUT2D eigenvalue weighted by Gasteiger charge is -2.18. The molecule has 0 saturated carbocycles. The Balaban J connectivity index is 1.43. The molecular formula is C36H25N. The second kappa shape index (κ2) is 8.72. The maximum Gasteiger partial charge on any atom is 0.0373 e. The van der Waals surface area contributed by atoms with Gasteiger partial charge in [-0.15, -0.1) is 0 Å². The minimum Gasteiger partial charge on any atom is -0.261 e. The van der Waals surface area contributed by atoms with Gasteiger partial charge in [0.15, 0.2) is 0 Å². The first-order valence-corrected chi connectivity index (χ1v) is 12.7. The normalized spacial score (nSPS) is 11.4. The van der Waals surface area contributed by atoms with Crippen LogP contribution in [-0.2, 0) is 0 Å². The zero-order chi connectivity index (χ0) is 24.8. The molecule has 0 atom stereocenters. The minimum atomic E-state index is 1.03. The van der Waals surface area contributed by atoms with E-state index in [2.05, 4.69) is 132 Å². The lowest BCUT2D eigenvalue weighted by Crippen LogP contribution is -1.91. The van der Waals surface area contributed by atoms with Gasteiger partial charge >= 0.3 is 0 Å². The molecule has 0 aliphatic carbocycles. The molecule has 7 rings (SSSR count). The summed E-state index contributed by atoms with van der Waals surface area (Å²) < 4.78 is 0. The third-order valence-electron chi connectivity index (χ3n) is 7.39. The summed E-state index contributed by atoms with van der Waals surface area (Å²) in [4.78, 5) is 4.61. The summed E-state index contributed by atoms with van der Waals surface area (Å²) in [5.41, 5.74) is 8.39. The van der Waals surface area contributed by atoms with Gasteiger partial charge in [0, 0.05) is 17.5 Å². The molecule has 0 aliphatic rings. The van der Waals surface area contributed by atoms with Crippen LogP contribution in [0, 0.1) is 6.92 Å². The highest BCUT2D eigenvalue weighted by Gasteiger charge is 2.16. The van der Waals surface area contributed by atoms with Gasteiger partial charge in [0.2, 0.25) is 0 Å². The predicted octanol–water partition coefficient (Wildman–Crippen LogP) is 9.85. The predicted molar refractivity (Wildman–Crippen MR) is 158 cm³/mol. The molecule has 7 aromatic rings. The van der Waals surface area contributed by atoms with Gasteiger partial charge in [-0.25, -0.2) is 0 Å². The maximum atomic E-state index is 4.61. The first kappa shape index (κ1) is 21.5. The van der Waals surface area contributed by atoms with Crippen molar-refractivity contribution >= 4 is 32.3 Å². The fourth-order valence-electron chi connectivity index (χ4n) is 5.56. The number of nitrogens with zero attached hydrogens (tertiary/aromatic N) is 1. The molecule has 1 nitrogen and oxygen atoms in total. The van der Waals surface area contributed by atoms with E-state index in [0.717, 1.165) is 11.3 Å². The number of hydrogen-bond donors (Lipinski definition) is 0. The van der Waals surface area contributed by atoms with Gasteiger partial charge in [0.05, 0.1) is 0 Å². The largest absolute Gasteiger partial charge is 0.261 e. The van der Waals surface area contributed by atoms with E-state index in [4.69, 9.17) is 0 Å². The van der Waals surface area contributed by atoms with Crippen molar-refractivity contribution in [3.8, 4) is 33.4 Å². The first-order chi connectivity index (χ1) is 18.3. The molecule has 174 valence electrons. The third-order valence-corrected chi connectivity index (χ3v) is 7.39. The molecule has 0 amide bonds.